The highest BCUT2D eigenvalue weighted by atomic mass is 16.2. The number of nitrogens with zero attached hydrogens (tertiary/aromatic N) is 4. The van der Waals surface area contributed by atoms with Crippen molar-refractivity contribution in [3.8, 4) is 0 Å². The van der Waals surface area contributed by atoms with Crippen LogP contribution in [0.1, 0.15) is 24.8 Å². The highest BCUT2D eigenvalue weighted by molar-refractivity contribution is 6.37. The molecule has 2 amide bonds. The number of hydrogen-bond donors (Lipinski definition) is 2. The van der Waals surface area contributed by atoms with E-state index in [-0.39, 0.29) is 13.0 Å². The summed E-state index contributed by atoms with van der Waals surface area (Å²) in [6.45, 7) is 0.251. The molecular weight excluding hydrogens is 360 g/mol. The largest absolute Gasteiger partial charge is 0.363 e. The van der Waals surface area contributed by atoms with Crippen LogP contribution in [0, 0.1) is 0 Å². The van der Waals surface area contributed by atoms with Gasteiger partial charge in [0.2, 0.25) is 11.7 Å². The lowest BCUT2D eigenvalue weighted by Crippen LogP contribution is -2.52. The van der Waals surface area contributed by atoms with Gasteiger partial charge in [0.15, 0.2) is 0 Å². The van der Waals surface area contributed by atoms with Gasteiger partial charge in [-0.3, -0.25) is 24.4 Å². The SMILES string of the molecule is NC(=O)C(=O)C(CCc1ccncc1)NC(=O)C1CN=CN1C1=CCCC=N1. The van der Waals surface area contributed by atoms with E-state index in [1.165, 1.54) is 0 Å². The summed E-state index contributed by atoms with van der Waals surface area (Å²) in [6, 6.07) is 2.01. The molecule has 28 heavy (non-hydrogen) atoms. The molecular formula is C19H22N6O3. The molecule has 2 unspecified atom stereocenters. The fourth-order valence-corrected chi connectivity index (χ4v) is 3.07. The number of aliphatic imine (C=N–C) groups is 2. The lowest BCUT2D eigenvalue weighted by molar-refractivity contribution is -0.138. The Morgan fingerprint density at radius 3 is 2.71 bits per heavy atom. The molecule has 0 saturated carbocycles. The van der Waals surface area contributed by atoms with Crippen molar-refractivity contribution in [2.45, 2.75) is 37.8 Å². The van der Waals surface area contributed by atoms with Crippen molar-refractivity contribution in [1.82, 2.24) is 15.2 Å². The maximum absolute atomic E-state index is 12.8. The molecule has 1 aromatic rings. The van der Waals surface area contributed by atoms with E-state index < -0.39 is 29.7 Å². The van der Waals surface area contributed by atoms with E-state index in [9.17, 15) is 14.4 Å². The number of Topliss-reactive ketones (excluding diaryl/α,β-unsaturated/α-hetero) is 1. The molecule has 1 aromatic heterocycles. The molecule has 3 heterocycles. The van der Waals surface area contributed by atoms with Gasteiger partial charge in [-0.15, -0.1) is 0 Å². The second kappa shape index (κ2) is 9.03. The second-order valence-corrected chi connectivity index (χ2v) is 6.54. The van der Waals surface area contributed by atoms with Gasteiger partial charge in [-0.1, -0.05) is 0 Å². The van der Waals surface area contributed by atoms with Gasteiger partial charge >= 0.3 is 0 Å². The van der Waals surface area contributed by atoms with Crippen LogP contribution in [0.25, 0.3) is 0 Å². The highest BCUT2D eigenvalue weighted by Gasteiger charge is 2.33. The first-order valence-electron chi connectivity index (χ1n) is 9.10. The van der Waals surface area contributed by atoms with E-state index in [4.69, 9.17) is 5.73 Å². The first-order chi connectivity index (χ1) is 13.6. The molecule has 0 spiro atoms. The molecule has 0 saturated heterocycles. The zero-order valence-corrected chi connectivity index (χ0v) is 15.3. The minimum atomic E-state index is -1.07. The Morgan fingerprint density at radius 1 is 1.25 bits per heavy atom. The number of ketones is 1. The minimum absolute atomic E-state index is 0.251. The number of allylic oxidation sites excluding steroid dienone is 1. The summed E-state index contributed by atoms with van der Waals surface area (Å²) >= 11 is 0. The molecule has 146 valence electrons. The van der Waals surface area contributed by atoms with Crippen LogP contribution in [-0.4, -0.2) is 58.7 Å². The highest BCUT2D eigenvalue weighted by Crippen LogP contribution is 2.18. The second-order valence-electron chi connectivity index (χ2n) is 6.54. The van der Waals surface area contributed by atoms with Crippen molar-refractivity contribution in [1.29, 1.82) is 0 Å². The van der Waals surface area contributed by atoms with Crippen molar-refractivity contribution >= 4 is 30.2 Å². The fourth-order valence-electron chi connectivity index (χ4n) is 3.07. The summed E-state index contributed by atoms with van der Waals surface area (Å²) < 4.78 is 0. The van der Waals surface area contributed by atoms with Crippen LogP contribution in [0.5, 0.6) is 0 Å². The van der Waals surface area contributed by atoms with Gasteiger partial charge in [0.05, 0.1) is 18.9 Å². The molecule has 2 atom stereocenters. The summed E-state index contributed by atoms with van der Waals surface area (Å²) in [5.74, 6) is -1.63. The van der Waals surface area contributed by atoms with Gasteiger partial charge in [-0.2, -0.15) is 0 Å². The van der Waals surface area contributed by atoms with Crippen LogP contribution in [-0.2, 0) is 20.8 Å². The molecule has 0 aliphatic carbocycles. The van der Waals surface area contributed by atoms with Crippen LogP contribution in [0.2, 0.25) is 0 Å². The van der Waals surface area contributed by atoms with Crippen molar-refractivity contribution in [2.75, 3.05) is 6.54 Å². The van der Waals surface area contributed by atoms with Gasteiger partial charge in [0.25, 0.3) is 5.91 Å². The number of carbonyl (C=O) groups excluding carboxylic acids is 3. The normalized spacial score (nSPS) is 19.2. The van der Waals surface area contributed by atoms with Crippen molar-refractivity contribution in [3.05, 3.63) is 42.0 Å². The Bertz CT molecular complexity index is 833. The molecule has 0 radical (unpaired) electrons. The van der Waals surface area contributed by atoms with E-state index in [1.807, 2.05) is 18.2 Å². The lowest BCUT2D eigenvalue weighted by atomic mass is 10.0. The molecule has 3 N–H and O–H groups in total. The number of aromatic nitrogens is 1. The molecule has 2 aliphatic rings. The topological polar surface area (TPSA) is 130 Å². The van der Waals surface area contributed by atoms with Crippen LogP contribution >= 0.6 is 0 Å². The zero-order chi connectivity index (χ0) is 19.9. The number of pyridine rings is 1. The maximum Gasteiger partial charge on any atom is 0.287 e. The number of rotatable bonds is 8. The molecule has 9 nitrogen and oxygen atoms in total. The zero-order valence-electron chi connectivity index (χ0n) is 15.3. The molecule has 0 aromatic carbocycles. The Morgan fingerprint density at radius 2 is 2.04 bits per heavy atom. The quantitative estimate of drug-likeness (QED) is 0.610. The maximum atomic E-state index is 12.8. The Balaban J connectivity index is 1.68. The van der Waals surface area contributed by atoms with Crippen molar-refractivity contribution in [2.24, 2.45) is 15.7 Å². The molecule has 2 aliphatic heterocycles. The van der Waals surface area contributed by atoms with Crippen LogP contribution < -0.4 is 11.1 Å². The van der Waals surface area contributed by atoms with Crippen LogP contribution in [0.4, 0.5) is 0 Å². The fraction of sp³-hybridized carbons (Fsp3) is 0.368. The summed E-state index contributed by atoms with van der Waals surface area (Å²) in [5.41, 5.74) is 6.11. The van der Waals surface area contributed by atoms with Crippen molar-refractivity contribution < 1.29 is 14.4 Å². The first kappa shape index (κ1) is 19.4. The average Bonchev–Trinajstić information content (AvgIpc) is 3.22. The summed E-state index contributed by atoms with van der Waals surface area (Å²) in [7, 11) is 0. The predicted octanol–water partition coefficient (Wildman–Crippen LogP) is -0.0281. The van der Waals surface area contributed by atoms with Gasteiger partial charge in [0.1, 0.15) is 11.9 Å². The molecule has 3 rings (SSSR count). The minimum Gasteiger partial charge on any atom is -0.363 e. The molecule has 9 heteroatoms. The number of hydrogen-bond acceptors (Lipinski definition) is 7. The van der Waals surface area contributed by atoms with Gasteiger partial charge in [-0.05, 0) is 49.5 Å². The Labute approximate surface area is 162 Å². The van der Waals surface area contributed by atoms with E-state index in [0.29, 0.717) is 12.2 Å². The van der Waals surface area contributed by atoms with Crippen molar-refractivity contribution in [3.63, 3.8) is 0 Å². The van der Waals surface area contributed by atoms with E-state index >= 15 is 0 Å². The third kappa shape index (κ3) is 4.67. The van der Waals surface area contributed by atoms with Gasteiger partial charge < -0.3 is 16.0 Å². The van der Waals surface area contributed by atoms with Gasteiger partial charge in [0, 0.05) is 18.6 Å². The number of primary amides is 1. The van der Waals surface area contributed by atoms with E-state index in [0.717, 1.165) is 18.4 Å². The number of carbonyl (C=O) groups is 3. The molecule has 0 bridgehead atoms. The van der Waals surface area contributed by atoms with Crippen LogP contribution in [0.15, 0.2) is 46.4 Å². The number of amides is 2. The summed E-state index contributed by atoms with van der Waals surface area (Å²) in [4.78, 5) is 50.5. The monoisotopic (exact) mass is 382 g/mol. The number of nitrogens with one attached hydrogen (secondary N) is 1. The Hall–Kier alpha value is -3.36. The van der Waals surface area contributed by atoms with Gasteiger partial charge in [-0.25, -0.2) is 4.99 Å². The molecule has 0 fully saturated rings. The lowest BCUT2D eigenvalue weighted by Gasteiger charge is -2.26. The number of aryl methyl sites for hydroxylation is 1. The smallest absolute Gasteiger partial charge is 0.287 e. The number of nitrogens with two attached hydrogens (primary N) is 1. The average molecular weight is 382 g/mol. The summed E-state index contributed by atoms with van der Waals surface area (Å²) in [6.07, 6.45) is 11.0. The Kier molecular flexibility index (Phi) is 6.25. The standard InChI is InChI=1S/C19H22N6O3/c20-18(27)17(26)14(5-4-13-6-9-21-10-7-13)24-19(28)15-11-22-12-25(15)16-3-1-2-8-23-16/h3,6-10,12,14-15H,1-2,4-5,11H2,(H2,20,27)(H,24,28). The summed E-state index contributed by atoms with van der Waals surface area (Å²) in [5, 5.41) is 2.67. The third-order valence-electron chi connectivity index (χ3n) is 4.58. The predicted molar refractivity (Wildman–Crippen MR) is 103 cm³/mol. The first-order valence-corrected chi connectivity index (χ1v) is 9.10. The van der Waals surface area contributed by atoms with Crippen LogP contribution in [0.3, 0.4) is 0 Å². The van der Waals surface area contributed by atoms with E-state index in [2.05, 4.69) is 20.3 Å². The third-order valence-corrected chi connectivity index (χ3v) is 4.58. The van der Waals surface area contributed by atoms with E-state index in [1.54, 1.807) is 29.8 Å².